The average Bonchev–Trinajstić information content (AvgIpc) is 2.50. The van der Waals surface area contributed by atoms with Gasteiger partial charge in [0, 0.05) is 38.1 Å². The Morgan fingerprint density at radius 2 is 1.77 bits per heavy atom. The van der Waals surface area contributed by atoms with E-state index in [9.17, 15) is 8.42 Å². The second-order valence-corrected chi connectivity index (χ2v) is 7.87. The van der Waals surface area contributed by atoms with Gasteiger partial charge in [-0.05, 0) is 30.5 Å². The third-order valence-corrected chi connectivity index (χ3v) is 6.27. The highest BCUT2D eigenvalue weighted by molar-refractivity contribution is 7.86. The normalized spacial score (nSPS) is 14.8. The minimum atomic E-state index is -3.58. The van der Waals surface area contributed by atoms with Crippen molar-refractivity contribution >= 4 is 21.8 Å². The highest BCUT2D eigenvalue weighted by atomic mass is 35.5. The molecule has 7 heteroatoms. The molecule has 0 saturated carbocycles. The highest BCUT2D eigenvalue weighted by Crippen LogP contribution is 2.25. The van der Waals surface area contributed by atoms with Gasteiger partial charge in [-0.25, -0.2) is 0 Å². The lowest BCUT2D eigenvalue weighted by Crippen LogP contribution is -2.45. The molecular formula is C15H22ClN3O2S. The van der Waals surface area contributed by atoms with Crippen LogP contribution in [0.25, 0.3) is 0 Å². The maximum absolute atomic E-state index is 12.5. The lowest BCUT2D eigenvalue weighted by molar-refractivity contribution is 0.319. The molecule has 0 amide bonds. The van der Waals surface area contributed by atoms with Gasteiger partial charge in [-0.1, -0.05) is 30.7 Å². The van der Waals surface area contributed by atoms with Gasteiger partial charge in [0.15, 0.2) is 0 Å². The van der Waals surface area contributed by atoms with Gasteiger partial charge in [0.05, 0.1) is 6.07 Å². The maximum Gasteiger partial charge on any atom is 0.281 e. The Kier molecular flexibility index (Phi) is 6.82. The first-order valence-corrected chi connectivity index (χ1v) is 8.81. The summed E-state index contributed by atoms with van der Waals surface area (Å²) in [6.45, 7) is 4.04. The van der Waals surface area contributed by atoms with E-state index in [2.05, 4.69) is 0 Å². The van der Waals surface area contributed by atoms with Crippen LogP contribution in [0.3, 0.4) is 0 Å². The minimum absolute atomic E-state index is 0.0152. The summed E-state index contributed by atoms with van der Waals surface area (Å²) in [6.07, 6.45) is 0.171. The van der Waals surface area contributed by atoms with Gasteiger partial charge in [-0.15, -0.1) is 0 Å². The van der Waals surface area contributed by atoms with E-state index in [-0.39, 0.29) is 24.9 Å². The molecule has 0 spiro atoms. The van der Waals surface area contributed by atoms with Gasteiger partial charge >= 0.3 is 0 Å². The summed E-state index contributed by atoms with van der Waals surface area (Å²) < 4.78 is 27.5. The summed E-state index contributed by atoms with van der Waals surface area (Å²) >= 11 is 5.88. The second kappa shape index (κ2) is 7.93. The zero-order chi connectivity index (χ0) is 16.9. The second-order valence-electron chi connectivity index (χ2n) is 5.33. The fourth-order valence-electron chi connectivity index (χ4n) is 2.11. The van der Waals surface area contributed by atoms with Gasteiger partial charge in [-0.2, -0.15) is 22.3 Å². The molecule has 0 radical (unpaired) electrons. The highest BCUT2D eigenvalue weighted by Gasteiger charge is 2.30. The van der Waals surface area contributed by atoms with Crippen molar-refractivity contribution in [2.75, 3.05) is 20.6 Å². The summed E-state index contributed by atoms with van der Waals surface area (Å²) in [4.78, 5) is 0. The number of nitriles is 1. The molecule has 0 N–H and O–H groups in total. The van der Waals surface area contributed by atoms with E-state index in [0.717, 1.165) is 5.56 Å². The van der Waals surface area contributed by atoms with Crippen molar-refractivity contribution in [3.05, 3.63) is 34.9 Å². The monoisotopic (exact) mass is 343 g/mol. The van der Waals surface area contributed by atoms with Crippen molar-refractivity contribution in [1.29, 1.82) is 5.26 Å². The number of benzene rings is 1. The molecule has 1 aromatic rings. The van der Waals surface area contributed by atoms with Crippen LogP contribution in [-0.4, -0.2) is 43.7 Å². The molecule has 0 aromatic heterocycles. The number of hydrogen-bond donors (Lipinski definition) is 0. The summed E-state index contributed by atoms with van der Waals surface area (Å²) in [5, 5.41) is 9.25. The molecule has 1 aromatic carbocycles. The zero-order valence-corrected chi connectivity index (χ0v) is 14.9. The van der Waals surface area contributed by atoms with E-state index in [0.29, 0.717) is 5.02 Å². The third-order valence-electron chi connectivity index (χ3n) is 3.99. The quantitative estimate of drug-likeness (QED) is 0.764. The van der Waals surface area contributed by atoms with E-state index in [1.165, 1.54) is 15.7 Å². The molecule has 0 aliphatic carbocycles. The molecule has 22 heavy (non-hydrogen) atoms. The van der Waals surface area contributed by atoms with Gasteiger partial charge in [0.25, 0.3) is 10.2 Å². The van der Waals surface area contributed by atoms with Crippen molar-refractivity contribution in [2.45, 2.75) is 32.2 Å². The smallest absolute Gasteiger partial charge is 0.198 e. The number of nitrogens with zero attached hydrogens (tertiary/aromatic N) is 3. The van der Waals surface area contributed by atoms with Crippen LogP contribution in [0.4, 0.5) is 0 Å². The average molecular weight is 344 g/mol. The molecule has 122 valence electrons. The number of halogens is 1. The van der Waals surface area contributed by atoms with Crippen molar-refractivity contribution in [3.63, 3.8) is 0 Å². The summed E-state index contributed by atoms with van der Waals surface area (Å²) in [6, 6.07) is 9.14. The van der Waals surface area contributed by atoms with E-state index in [4.69, 9.17) is 16.9 Å². The lowest BCUT2D eigenvalue weighted by atomic mass is 9.95. The van der Waals surface area contributed by atoms with Crippen LogP contribution < -0.4 is 0 Å². The zero-order valence-electron chi connectivity index (χ0n) is 13.3. The van der Waals surface area contributed by atoms with E-state index < -0.39 is 10.2 Å². The molecule has 0 heterocycles. The molecule has 0 bridgehead atoms. The van der Waals surface area contributed by atoms with Crippen LogP contribution >= 0.6 is 11.6 Å². The molecule has 5 nitrogen and oxygen atoms in total. The topological polar surface area (TPSA) is 64.4 Å². The van der Waals surface area contributed by atoms with Gasteiger partial charge in [-0.3, -0.25) is 0 Å². The fourth-order valence-corrected chi connectivity index (χ4v) is 3.60. The van der Waals surface area contributed by atoms with Crippen molar-refractivity contribution in [1.82, 2.24) is 8.61 Å². The van der Waals surface area contributed by atoms with Crippen molar-refractivity contribution in [2.24, 2.45) is 0 Å². The van der Waals surface area contributed by atoms with Crippen LogP contribution in [0.2, 0.25) is 5.02 Å². The Balaban J connectivity index is 2.89. The van der Waals surface area contributed by atoms with E-state index in [1.807, 2.05) is 32.0 Å². The van der Waals surface area contributed by atoms with Crippen LogP contribution in [0.15, 0.2) is 24.3 Å². The Bertz CT molecular complexity index is 625. The first-order valence-electron chi connectivity index (χ1n) is 7.03. The fraction of sp³-hybridized carbons (Fsp3) is 0.533. The predicted octanol–water partition coefficient (Wildman–Crippen LogP) is 2.85. The van der Waals surface area contributed by atoms with E-state index >= 15 is 0 Å². The van der Waals surface area contributed by atoms with Crippen molar-refractivity contribution in [3.8, 4) is 6.07 Å². The Labute approximate surface area is 138 Å². The molecule has 2 atom stereocenters. The largest absolute Gasteiger partial charge is 0.281 e. The van der Waals surface area contributed by atoms with Gasteiger partial charge in [0.1, 0.15) is 0 Å². The summed E-state index contributed by atoms with van der Waals surface area (Å²) in [7, 11) is -0.528. The van der Waals surface area contributed by atoms with Gasteiger partial charge < -0.3 is 0 Å². The van der Waals surface area contributed by atoms with Crippen LogP contribution in [0, 0.1) is 11.3 Å². The molecule has 0 fully saturated rings. The maximum atomic E-state index is 12.5. The number of hydrogen-bond acceptors (Lipinski definition) is 3. The number of rotatable bonds is 7. The molecule has 0 aliphatic rings. The first kappa shape index (κ1) is 18.9. The minimum Gasteiger partial charge on any atom is -0.198 e. The van der Waals surface area contributed by atoms with Gasteiger partial charge in [0.2, 0.25) is 0 Å². The molecule has 1 rings (SSSR count). The lowest BCUT2D eigenvalue weighted by Gasteiger charge is -2.32. The summed E-state index contributed by atoms with van der Waals surface area (Å²) in [5.41, 5.74) is 1.03. The molecule has 0 saturated heterocycles. The SMILES string of the molecule is C[C@H](c1ccc(Cl)cc1)[C@@H](C)N(C)S(=O)(=O)N(C)CCC#N. The van der Waals surface area contributed by atoms with Crippen molar-refractivity contribution < 1.29 is 8.42 Å². The molecular weight excluding hydrogens is 322 g/mol. The first-order chi connectivity index (χ1) is 10.2. The van der Waals surface area contributed by atoms with Crippen LogP contribution in [0.5, 0.6) is 0 Å². The van der Waals surface area contributed by atoms with Crippen LogP contribution in [0.1, 0.15) is 31.7 Å². The predicted molar refractivity (Wildman–Crippen MR) is 88.9 cm³/mol. The third kappa shape index (κ3) is 4.43. The number of likely N-dealkylation sites (N-methyl/N-ethyl adjacent to an activating group) is 1. The Hall–Kier alpha value is -1.13. The molecule has 0 unspecified atom stereocenters. The Morgan fingerprint density at radius 1 is 1.23 bits per heavy atom. The molecule has 0 aliphatic heterocycles. The Morgan fingerprint density at radius 3 is 2.27 bits per heavy atom. The van der Waals surface area contributed by atoms with Crippen LogP contribution in [-0.2, 0) is 10.2 Å². The summed E-state index contributed by atoms with van der Waals surface area (Å²) in [5.74, 6) is 0.0152. The van der Waals surface area contributed by atoms with E-state index in [1.54, 1.807) is 19.2 Å². The standard InChI is InChI=1S/C15H22ClN3O2S/c1-12(14-6-8-15(16)9-7-14)13(2)19(4)22(20,21)18(3)11-5-10-17/h6-9,12-13H,5,11H2,1-4H3/t12-,13+/m0/s1.